The first-order chi connectivity index (χ1) is 24.6. The lowest BCUT2D eigenvalue weighted by Crippen LogP contribution is -2.59. The van der Waals surface area contributed by atoms with Crippen LogP contribution in [0.15, 0.2) is 76.8 Å². The van der Waals surface area contributed by atoms with Gasteiger partial charge in [0.05, 0.1) is 26.0 Å². The number of amides is 1. The van der Waals surface area contributed by atoms with Gasteiger partial charge in [0.25, 0.3) is 5.91 Å². The molecular formula is C33H29F2N4O10PS. The van der Waals surface area contributed by atoms with Crippen LogP contribution in [0.4, 0.5) is 13.6 Å². The van der Waals surface area contributed by atoms with Crippen molar-refractivity contribution in [2.75, 3.05) is 39.1 Å². The number of nitrogens with zero attached hydrogens (tertiary/aromatic N) is 3. The zero-order valence-electron chi connectivity index (χ0n) is 26.7. The zero-order chi connectivity index (χ0) is 35.7. The molecule has 3 aliphatic rings. The predicted molar refractivity (Wildman–Crippen MR) is 176 cm³/mol. The number of phosphoric acid groups is 1. The number of benzene rings is 3. The summed E-state index contributed by atoms with van der Waals surface area (Å²) in [5.74, 6) is -2.97. The van der Waals surface area contributed by atoms with Crippen molar-refractivity contribution in [2.24, 2.45) is 5.16 Å². The third kappa shape index (κ3) is 6.97. The third-order valence-corrected chi connectivity index (χ3v) is 10.1. The van der Waals surface area contributed by atoms with Crippen molar-refractivity contribution in [3.8, 4) is 22.8 Å². The molecule has 0 saturated carbocycles. The normalized spacial score (nSPS) is 17.7. The van der Waals surface area contributed by atoms with Crippen molar-refractivity contribution in [3.05, 3.63) is 106 Å². The van der Waals surface area contributed by atoms with Gasteiger partial charge in [0.15, 0.2) is 23.1 Å². The molecule has 0 aliphatic carbocycles. The second kappa shape index (κ2) is 14.3. The summed E-state index contributed by atoms with van der Waals surface area (Å²) >= 11 is 1.36. The van der Waals surface area contributed by atoms with E-state index in [0.29, 0.717) is 5.56 Å². The van der Waals surface area contributed by atoms with E-state index in [1.54, 1.807) is 18.2 Å². The van der Waals surface area contributed by atoms with Crippen LogP contribution in [0.25, 0.3) is 11.3 Å². The fourth-order valence-corrected chi connectivity index (χ4v) is 7.64. The van der Waals surface area contributed by atoms with Crippen molar-refractivity contribution >= 4 is 31.6 Å². The zero-order valence-corrected chi connectivity index (χ0v) is 28.5. The van der Waals surface area contributed by atoms with Crippen molar-refractivity contribution in [1.29, 1.82) is 0 Å². The molecular weight excluding hydrogens is 713 g/mol. The number of carbonyl (C=O) groups is 2. The minimum Gasteiger partial charge on any atom is -0.452 e. The van der Waals surface area contributed by atoms with E-state index in [4.69, 9.17) is 23.4 Å². The van der Waals surface area contributed by atoms with Crippen LogP contribution in [0.5, 0.6) is 11.5 Å². The number of morpholine rings is 1. The summed E-state index contributed by atoms with van der Waals surface area (Å²) in [5.41, 5.74) is 4.71. The molecule has 266 valence electrons. The van der Waals surface area contributed by atoms with E-state index in [1.807, 2.05) is 24.3 Å². The Bertz CT molecular complexity index is 2140. The van der Waals surface area contributed by atoms with Crippen molar-refractivity contribution in [3.63, 3.8) is 0 Å². The molecule has 0 spiro atoms. The van der Waals surface area contributed by atoms with E-state index in [9.17, 15) is 19.0 Å². The first-order valence-electron chi connectivity index (χ1n) is 15.4. The van der Waals surface area contributed by atoms with Crippen LogP contribution < -0.4 is 20.0 Å². The lowest BCUT2D eigenvalue weighted by molar-refractivity contribution is -0.00487. The van der Waals surface area contributed by atoms with Crippen LogP contribution >= 0.6 is 19.6 Å². The van der Waals surface area contributed by atoms with Crippen LogP contribution in [0.3, 0.4) is 0 Å². The van der Waals surface area contributed by atoms with Gasteiger partial charge >= 0.3 is 14.0 Å². The van der Waals surface area contributed by atoms with Crippen molar-refractivity contribution < 1.29 is 55.9 Å². The largest absolute Gasteiger partial charge is 0.605 e. The van der Waals surface area contributed by atoms with Crippen molar-refractivity contribution in [1.82, 2.24) is 9.58 Å². The van der Waals surface area contributed by atoms with Gasteiger partial charge in [0.1, 0.15) is 17.3 Å². The quantitative estimate of drug-likeness (QED) is 0.106. The number of methoxy groups -OCH3 is 1. The minimum absolute atomic E-state index is 0.00328. The molecule has 1 unspecified atom stereocenters. The Morgan fingerprint density at radius 2 is 1.92 bits per heavy atom. The molecule has 1 amide bonds. The number of hydrogen-bond donors (Lipinski definition) is 2. The third-order valence-electron chi connectivity index (χ3n) is 8.23. The van der Waals surface area contributed by atoms with Crippen LogP contribution in [0.2, 0.25) is 0 Å². The number of rotatable bonds is 8. The average molecular weight is 743 g/mol. The number of para-hydroxylation sites is 1. The second-order valence-electron chi connectivity index (χ2n) is 11.3. The molecule has 4 heterocycles. The van der Waals surface area contributed by atoms with Crippen LogP contribution in [-0.2, 0) is 35.6 Å². The number of thioether (sulfide) groups is 1. The number of halogens is 2. The fourth-order valence-electron chi connectivity index (χ4n) is 5.93. The monoisotopic (exact) mass is 742 g/mol. The topological polar surface area (TPSA) is 159 Å². The molecule has 1 fully saturated rings. The maximum atomic E-state index is 15.5. The van der Waals surface area contributed by atoms with Gasteiger partial charge in [-0.2, -0.15) is 0 Å². The van der Waals surface area contributed by atoms with Gasteiger partial charge in [-0.3, -0.25) is 14.3 Å². The predicted octanol–water partition coefficient (Wildman–Crippen LogP) is 5.12. The summed E-state index contributed by atoms with van der Waals surface area (Å²) in [6.07, 6.45) is -1.57. The molecule has 2 N–H and O–H groups in total. The summed E-state index contributed by atoms with van der Waals surface area (Å²) < 4.78 is 76.4. The van der Waals surface area contributed by atoms with E-state index < -0.39 is 44.5 Å². The Morgan fingerprint density at radius 3 is 2.73 bits per heavy atom. The van der Waals surface area contributed by atoms with E-state index in [-0.39, 0.29) is 71.3 Å². The van der Waals surface area contributed by atoms with Gasteiger partial charge in [0, 0.05) is 28.3 Å². The lowest BCUT2D eigenvalue weighted by Gasteiger charge is -2.42. The van der Waals surface area contributed by atoms with Gasteiger partial charge in [-0.25, -0.2) is 22.8 Å². The highest BCUT2D eigenvalue weighted by Crippen LogP contribution is 2.44. The molecule has 2 atom stereocenters. The number of fused-ring (bicyclic) bond motifs is 4. The van der Waals surface area contributed by atoms with Gasteiger partial charge in [0.2, 0.25) is 6.79 Å². The SMILES string of the molecule is COC(=O)OCOc1c2n(c(-c3cc(F)c(F)c4c3Cc3ccccc3SC4)c/c1=N\OP(=O)(O)Oc1ccccc1)N[C@@H]1COCCN1C2=O. The summed E-state index contributed by atoms with van der Waals surface area (Å²) in [4.78, 5) is 39.0. The highest BCUT2D eigenvalue weighted by molar-refractivity contribution is 7.98. The molecule has 0 radical (unpaired) electrons. The summed E-state index contributed by atoms with van der Waals surface area (Å²) in [5, 5.41) is 3.54. The highest BCUT2D eigenvalue weighted by atomic mass is 32.2. The molecule has 1 aromatic heterocycles. The van der Waals surface area contributed by atoms with Crippen LogP contribution in [0, 0.1) is 11.6 Å². The molecule has 14 nitrogen and oxygen atoms in total. The first-order valence-corrected chi connectivity index (χ1v) is 17.9. The number of phosphoric ester groups is 1. The fraction of sp³-hybridized carbons (Fsp3) is 0.242. The smallest absolute Gasteiger partial charge is 0.452 e. The Labute approximate surface area is 293 Å². The van der Waals surface area contributed by atoms with Gasteiger partial charge in [-0.1, -0.05) is 41.6 Å². The molecule has 1 saturated heterocycles. The molecule has 7 rings (SSSR count). The Hall–Kier alpha value is -5.09. The van der Waals surface area contributed by atoms with E-state index in [1.165, 1.54) is 39.5 Å². The van der Waals surface area contributed by atoms with E-state index in [2.05, 4.69) is 15.3 Å². The van der Waals surface area contributed by atoms with Gasteiger partial charge in [-0.05, 0) is 47.9 Å². The second-order valence-corrected chi connectivity index (χ2v) is 13.6. The Balaban J connectivity index is 1.45. The molecule has 18 heteroatoms. The number of ether oxygens (including phenoxy) is 4. The maximum Gasteiger partial charge on any atom is 0.605 e. The Morgan fingerprint density at radius 1 is 1.14 bits per heavy atom. The maximum absolute atomic E-state index is 15.5. The Kier molecular flexibility index (Phi) is 9.61. The number of carbonyl (C=O) groups excluding carboxylic acids is 2. The lowest BCUT2D eigenvalue weighted by atomic mass is 9.92. The van der Waals surface area contributed by atoms with Crippen LogP contribution in [-0.4, -0.2) is 66.4 Å². The molecule has 51 heavy (non-hydrogen) atoms. The average Bonchev–Trinajstić information content (AvgIpc) is 3.33. The summed E-state index contributed by atoms with van der Waals surface area (Å²) in [7, 11) is -3.86. The van der Waals surface area contributed by atoms with Gasteiger partial charge in [-0.15, -0.1) is 11.8 Å². The number of hydrogen-bond acceptors (Lipinski definition) is 12. The van der Waals surface area contributed by atoms with E-state index in [0.717, 1.165) is 23.6 Å². The summed E-state index contributed by atoms with van der Waals surface area (Å²) in [6.45, 7) is -0.289. The molecule has 3 aromatic carbocycles. The summed E-state index contributed by atoms with van der Waals surface area (Å²) in [6, 6.07) is 17.5. The van der Waals surface area contributed by atoms with Crippen molar-refractivity contribution in [2.45, 2.75) is 23.2 Å². The van der Waals surface area contributed by atoms with Crippen LogP contribution in [0.1, 0.15) is 27.2 Å². The molecule has 3 aliphatic heterocycles. The minimum atomic E-state index is -4.95. The first kappa shape index (κ1) is 34.4. The number of pyridine rings is 1. The molecule has 4 aromatic rings. The number of aromatic nitrogens is 1. The number of nitrogens with one attached hydrogen (secondary N) is 1. The van der Waals surface area contributed by atoms with Gasteiger partial charge < -0.3 is 33.8 Å². The van der Waals surface area contributed by atoms with E-state index >= 15 is 8.78 Å². The molecule has 0 bridgehead atoms. The highest BCUT2D eigenvalue weighted by Gasteiger charge is 2.39. The standard InChI is InChI=1S/C33H29F2N4O10PS/c1-44-33(41)47-18-46-31-25(37-49-50(42,43)48-20-8-3-2-4-9-20)15-26(39-30(31)32(40)38-11-12-45-16-28(38)36-39)22-14-24(34)29(35)23-17-51-27-10-6-5-7-19(27)13-21(22)23/h2-10,14-15,28,36H,11-13,16-18H2,1H3,(H,42,43)/b37-25+/t28-/m0/s1.